The van der Waals surface area contributed by atoms with E-state index in [1.807, 2.05) is 0 Å². The summed E-state index contributed by atoms with van der Waals surface area (Å²) < 4.78 is 0. The first-order valence-electron chi connectivity index (χ1n) is 4.77. The minimum atomic E-state index is -0.393. The molecule has 74 valence electrons. The van der Waals surface area contributed by atoms with Gasteiger partial charge < -0.3 is 5.73 Å². The van der Waals surface area contributed by atoms with E-state index in [4.69, 9.17) is 11.0 Å². The molecule has 0 saturated heterocycles. The van der Waals surface area contributed by atoms with E-state index in [2.05, 4.69) is 39.0 Å². The van der Waals surface area contributed by atoms with Crippen LogP contribution in [0.2, 0.25) is 0 Å². The predicted molar refractivity (Wildman–Crippen MR) is 57.9 cm³/mol. The van der Waals surface area contributed by atoms with Crippen LogP contribution in [0.5, 0.6) is 0 Å². The summed E-state index contributed by atoms with van der Waals surface area (Å²) >= 11 is 0. The van der Waals surface area contributed by atoms with E-state index in [0.29, 0.717) is 6.42 Å². The highest BCUT2D eigenvalue weighted by atomic mass is 14.6. The Morgan fingerprint density at radius 1 is 1.29 bits per heavy atom. The van der Waals surface area contributed by atoms with Crippen molar-refractivity contribution < 1.29 is 0 Å². The molecule has 0 spiro atoms. The normalized spacial score (nSPS) is 12.2. The quantitative estimate of drug-likeness (QED) is 0.771. The van der Waals surface area contributed by atoms with Crippen molar-refractivity contribution in [2.24, 2.45) is 5.73 Å². The summed E-state index contributed by atoms with van der Waals surface area (Å²) in [4.78, 5) is 0. The molecule has 0 aromatic heterocycles. The molecule has 0 aliphatic carbocycles. The van der Waals surface area contributed by atoms with Crippen molar-refractivity contribution in [2.75, 3.05) is 0 Å². The lowest BCUT2D eigenvalue weighted by Crippen LogP contribution is -2.20. The first kappa shape index (κ1) is 10.7. The molecule has 0 aliphatic rings. The highest BCUT2D eigenvalue weighted by Crippen LogP contribution is 2.17. The molecule has 0 heterocycles. The van der Waals surface area contributed by atoms with Crippen molar-refractivity contribution in [3.05, 3.63) is 34.4 Å². The van der Waals surface area contributed by atoms with E-state index in [9.17, 15) is 0 Å². The van der Waals surface area contributed by atoms with Crippen LogP contribution in [-0.2, 0) is 6.42 Å². The summed E-state index contributed by atoms with van der Waals surface area (Å²) in [6.07, 6.45) is 0.642. The Hall–Kier alpha value is -1.33. The van der Waals surface area contributed by atoms with Crippen LogP contribution < -0.4 is 5.73 Å². The summed E-state index contributed by atoms with van der Waals surface area (Å²) in [7, 11) is 0. The van der Waals surface area contributed by atoms with Crippen LogP contribution in [0, 0.1) is 32.1 Å². The molecule has 1 atom stereocenters. The van der Waals surface area contributed by atoms with Gasteiger partial charge in [-0.25, -0.2) is 0 Å². The molecule has 1 aromatic rings. The molecule has 0 fully saturated rings. The van der Waals surface area contributed by atoms with Crippen LogP contribution in [0.4, 0.5) is 0 Å². The zero-order chi connectivity index (χ0) is 10.7. The molecular weight excluding hydrogens is 172 g/mol. The largest absolute Gasteiger partial charge is 0.316 e. The summed E-state index contributed by atoms with van der Waals surface area (Å²) in [5, 5.41) is 8.64. The number of nitrogens with two attached hydrogens (primary N) is 1. The van der Waals surface area contributed by atoms with E-state index in [1.54, 1.807) is 0 Å². The fraction of sp³-hybridized carbons (Fsp3) is 0.417. The van der Waals surface area contributed by atoms with Gasteiger partial charge in [0.2, 0.25) is 0 Å². The number of nitriles is 1. The Labute approximate surface area is 85.4 Å². The number of benzene rings is 1. The number of hydrogen-bond donors (Lipinski definition) is 1. The van der Waals surface area contributed by atoms with E-state index in [0.717, 1.165) is 0 Å². The SMILES string of the molecule is Cc1ccc(CC(N)C#N)c(C)c1C. The molecular formula is C12H16N2. The number of rotatable bonds is 2. The molecule has 0 amide bonds. The van der Waals surface area contributed by atoms with Gasteiger partial charge in [-0.1, -0.05) is 12.1 Å². The van der Waals surface area contributed by atoms with E-state index in [-0.39, 0.29) is 0 Å². The lowest BCUT2D eigenvalue weighted by atomic mass is 9.95. The maximum absolute atomic E-state index is 8.64. The lowest BCUT2D eigenvalue weighted by molar-refractivity contribution is 0.816. The second kappa shape index (κ2) is 4.26. The minimum absolute atomic E-state index is 0.393. The van der Waals surface area contributed by atoms with Crippen molar-refractivity contribution in [3.63, 3.8) is 0 Å². The highest BCUT2D eigenvalue weighted by molar-refractivity contribution is 5.39. The van der Waals surface area contributed by atoms with Gasteiger partial charge in [0.05, 0.1) is 12.1 Å². The van der Waals surface area contributed by atoms with Gasteiger partial charge in [-0.05, 0) is 43.0 Å². The molecule has 1 aromatic carbocycles. The van der Waals surface area contributed by atoms with Gasteiger partial charge in [0, 0.05) is 6.42 Å². The fourth-order valence-corrected chi connectivity index (χ4v) is 1.52. The Balaban J connectivity index is 3.01. The molecule has 2 nitrogen and oxygen atoms in total. The van der Waals surface area contributed by atoms with Crippen molar-refractivity contribution in [1.82, 2.24) is 0 Å². The van der Waals surface area contributed by atoms with Crippen LogP contribution in [0.1, 0.15) is 22.3 Å². The van der Waals surface area contributed by atoms with Crippen molar-refractivity contribution in [2.45, 2.75) is 33.2 Å². The second-order valence-electron chi connectivity index (χ2n) is 3.73. The van der Waals surface area contributed by atoms with Crippen LogP contribution in [0.25, 0.3) is 0 Å². The molecule has 14 heavy (non-hydrogen) atoms. The first-order valence-corrected chi connectivity index (χ1v) is 4.77. The van der Waals surface area contributed by atoms with Gasteiger partial charge in [0.15, 0.2) is 0 Å². The molecule has 1 rings (SSSR count). The number of hydrogen-bond acceptors (Lipinski definition) is 2. The molecule has 2 N–H and O–H groups in total. The highest BCUT2D eigenvalue weighted by Gasteiger charge is 2.07. The fourth-order valence-electron chi connectivity index (χ4n) is 1.52. The lowest BCUT2D eigenvalue weighted by Gasteiger charge is -2.11. The summed E-state index contributed by atoms with van der Waals surface area (Å²) in [5.41, 5.74) is 10.6. The summed E-state index contributed by atoms with van der Waals surface area (Å²) in [6.45, 7) is 6.28. The zero-order valence-corrected chi connectivity index (χ0v) is 8.96. The monoisotopic (exact) mass is 188 g/mol. The Morgan fingerprint density at radius 2 is 1.93 bits per heavy atom. The van der Waals surface area contributed by atoms with Crippen LogP contribution in [0.3, 0.4) is 0 Å². The maximum atomic E-state index is 8.64. The van der Waals surface area contributed by atoms with E-state index in [1.165, 1.54) is 22.3 Å². The second-order valence-corrected chi connectivity index (χ2v) is 3.73. The third-order valence-corrected chi connectivity index (χ3v) is 2.78. The Kier molecular flexibility index (Phi) is 3.27. The maximum Gasteiger partial charge on any atom is 0.0968 e. The summed E-state index contributed by atoms with van der Waals surface area (Å²) in [5.74, 6) is 0. The van der Waals surface area contributed by atoms with Gasteiger partial charge in [0.25, 0.3) is 0 Å². The number of nitrogens with zero attached hydrogens (tertiary/aromatic N) is 1. The number of aryl methyl sites for hydroxylation is 1. The summed E-state index contributed by atoms with van der Waals surface area (Å²) in [6, 6.07) is 5.81. The van der Waals surface area contributed by atoms with E-state index >= 15 is 0 Å². The molecule has 0 aliphatic heterocycles. The average Bonchev–Trinajstić information content (AvgIpc) is 2.19. The minimum Gasteiger partial charge on any atom is -0.316 e. The van der Waals surface area contributed by atoms with Crippen molar-refractivity contribution in [1.29, 1.82) is 5.26 Å². The predicted octanol–water partition coefficient (Wildman–Crippen LogP) is 2.01. The standard InChI is InChI=1S/C12H16N2/c1-8-4-5-11(6-12(14)7-13)10(3)9(8)2/h4-5,12H,6,14H2,1-3H3. The molecule has 0 bridgehead atoms. The van der Waals surface area contributed by atoms with Crippen molar-refractivity contribution in [3.8, 4) is 6.07 Å². The molecule has 0 radical (unpaired) electrons. The molecule has 2 heteroatoms. The van der Waals surface area contributed by atoms with E-state index < -0.39 is 6.04 Å². The van der Waals surface area contributed by atoms with Crippen LogP contribution in [0.15, 0.2) is 12.1 Å². The van der Waals surface area contributed by atoms with Gasteiger partial charge in [-0.2, -0.15) is 5.26 Å². The van der Waals surface area contributed by atoms with Gasteiger partial charge in [-0.3, -0.25) is 0 Å². The molecule has 1 unspecified atom stereocenters. The first-order chi connectivity index (χ1) is 6.56. The smallest absolute Gasteiger partial charge is 0.0968 e. The third-order valence-electron chi connectivity index (χ3n) is 2.78. The topological polar surface area (TPSA) is 49.8 Å². The van der Waals surface area contributed by atoms with Gasteiger partial charge >= 0.3 is 0 Å². The molecule has 0 saturated carbocycles. The van der Waals surface area contributed by atoms with Crippen LogP contribution in [-0.4, -0.2) is 6.04 Å². The zero-order valence-electron chi connectivity index (χ0n) is 8.96. The Morgan fingerprint density at radius 3 is 2.50 bits per heavy atom. The Bertz CT molecular complexity index is 375. The van der Waals surface area contributed by atoms with Gasteiger partial charge in [-0.15, -0.1) is 0 Å². The van der Waals surface area contributed by atoms with Crippen molar-refractivity contribution >= 4 is 0 Å². The van der Waals surface area contributed by atoms with Crippen LogP contribution >= 0.6 is 0 Å². The third kappa shape index (κ3) is 2.12. The van der Waals surface area contributed by atoms with Gasteiger partial charge in [0.1, 0.15) is 0 Å². The average molecular weight is 188 g/mol.